The smallest absolute Gasteiger partial charge is 0.255 e. The van der Waals surface area contributed by atoms with E-state index in [0.29, 0.717) is 11.3 Å². The third-order valence-corrected chi connectivity index (χ3v) is 4.28. The molecule has 5 heteroatoms. The first-order valence-corrected chi connectivity index (χ1v) is 7.71. The molecule has 112 valence electrons. The number of amides is 1. The van der Waals surface area contributed by atoms with Gasteiger partial charge in [-0.15, -0.1) is 11.3 Å². The third-order valence-electron chi connectivity index (χ3n) is 3.34. The molecule has 21 heavy (non-hydrogen) atoms. The zero-order valence-electron chi connectivity index (χ0n) is 12.7. The number of carbonyl (C=O) groups is 1. The first-order valence-electron chi connectivity index (χ1n) is 6.83. The molecule has 2 aromatic rings. The minimum atomic E-state index is -0.00651. The van der Waals surface area contributed by atoms with Gasteiger partial charge in [0.05, 0.1) is 11.3 Å². The lowest BCUT2D eigenvalue weighted by Gasteiger charge is -2.23. The molecule has 1 aromatic carbocycles. The number of nitrogens with zero attached hydrogens (tertiary/aromatic N) is 2. The van der Waals surface area contributed by atoms with Gasteiger partial charge in [-0.1, -0.05) is 6.07 Å². The van der Waals surface area contributed by atoms with Crippen molar-refractivity contribution in [1.82, 2.24) is 4.90 Å². The van der Waals surface area contributed by atoms with Crippen molar-refractivity contribution < 1.29 is 4.79 Å². The lowest BCUT2D eigenvalue weighted by Crippen LogP contribution is -2.27. The van der Waals surface area contributed by atoms with Crippen molar-refractivity contribution in [2.75, 3.05) is 38.3 Å². The molecule has 4 nitrogen and oxygen atoms in total. The number of benzene rings is 1. The summed E-state index contributed by atoms with van der Waals surface area (Å²) in [5.74, 6) is -0.00651. The zero-order valence-corrected chi connectivity index (χ0v) is 13.5. The molecular formula is C16H21N3OS. The number of anilines is 2. The van der Waals surface area contributed by atoms with Gasteiger partial charge in [0, 0.05) is 38.3 Å². The summed E-state index contributed by atoms with van der Waals surface area (Å²) < 4.78 is 0. The molecule has 0 atom stereocenters. The van der Waals surface area contributed by atoms with Crippen molar-refractivity contribution in [3.63, 3.8) is 0 Å². The molecule has 0 saturated heterocycles. The van der Waals surface area contributed by atoms with Crippen LogP contribution in [0.3, 0.4) is 0 Å². The van der Waals surface area contributed by atoms with E-state index in [2.05, 4.69) is 22.4 Å². The molecule has 0 spiro atoms. The Kier molecular flexibility index (Phi) is 4.85. The van der Waals surface area contributed by atoms with Gasteiger partial charge in [0.15, 0.2) is 0 Å². The molecule has 0 bridgehead atoms. The largest absolute Gasteiger partial charge is 0.399 e. The van der Waals surface area contributed by atoms with Gasteiger partial charge in [0.25, 0.3) is 5.91 Å². The van der Waals surface area contributed by atoms with Gasteiger partial charge >= 0.3 is 0 Å². The number of carbonyl (C=O) groups excluding carboxylic acids is 1. The van der Waals surface area contributed by atoms with Gasteiger partial charge in [0.1, 0.15) is 0 Å². The molecule has 0 aliphatic heterocycles. The van der Waals surface area contributed by atoms with Crippen molar-refractivity contribution >= 4 is 28.6 Å². The van der Waals surface area contributed by atoms with E-state index in [0.717, 1.165) is 18.7 Å². The summed E-state index contributed by atoms with van der Waals surface area (Å²) in [5.41, 5.74) is 8.12. The summed E-state index contributed by atoms with van der Waals surface area (Å²) in [6, 6.07) is 9.62. The van der Waals surface area contributed by atoms with Crippen LogP contribution >= 0.6 is 11.3 Å². The van der Waals surface area contributed by atoms with E-state index >= 15 is 0 Å². The monoisotopic (exact) mass is 303 g/mol. The fourth-order valence-electron chi connectivity index (χ4n) is 2.14. The second kappa shape index (κ2) is 6.63. The molecule has 1 heterocycles. The van der Waals surface area contributed by atoms with Crippen molar-refractivity contribution in [2.24, 2.45) is 0 Å². The van der Waals surface area contributed by atoms with Crippen LogP contribution in [-0.4, -0.2) is 38.5 Å². The molecule has 0 aliphatic carbocycles. The summed E-state index contributed by atoms with van der Waals surface area (Å²) in [6.45, 7) is 0.845. The fourth-order valence-corrected chi connectivity index (χ4v) is 2.84. The first kappa shape index (κ1) is 15.4. The van der Waals surface area contributed by atoms with Crippen molar-refractivity contribution in [3.8, 4) is 0 Å². The molecule has 1 amide bonds. The molecule has 0 radical (unpaired) electrons. The highest BCUT2D eigenvalue weighted by Crippen LogP contribution is 2.24. The molecule has 1 aromatic heterocycles. The molecule has 0 unspecified atom stereocenters. The van der Waals surface area contributed by atoms with Crippen molar-refractivity contribution in [3.05, 3.63) is 46.2 Å². The maximum absolute atomic E-state index is 12.3. The average Bonchev–Trinajstić information content (AvgIpc) is 2.97. The fraction of sp³-hybridized carbons (Fsp3) is 0.312. The number of hydrogen-bond donors (Lipinski definition) is 1. The van der Waals surface area contributed by atoms with Crippen LogP contribution in [0.1, 0.15) is 15.2 Å². The normalized spacial score (nSPS) is 10.4. The van der Waals surface area contributed by atoms with Crippen LogP contribution in [0.4, 0.5) is 11.4 Å². The number of nitrogen functional groups attached to an aromatic ring is 1. The Morgan fingerprint density at radius 3 is 2.62 bits per heavy atom. The molecule has 0 aliphatic rings. The maximum atomic E-state index is 12.3. The lowest BCUT2D eigenvalue weighted by atomic mass is 10.1. The van der Waals surface area contributed by atoms with Gasteiger partial charge in [-0.2, -0.15) is 0 Å². The highest BCUT2D eigenvalue weighted by atomic mass is 32.1. The van der Waals surface area contributed by atoms with E-state index in [-0.39, 0.29) is 5.91 Å². The van der Waals surface area contributed by atoms with E-state index in [1.54, 1.807) is 42.5 Å². The van der Waals surface area contributed by atoms with Gasteiger partial charge in [-0.3, -0.25) is 4.79 Å². The van der Waals surface area contributed by atoms with Crippen LogP contribution in [0, 0.1) is 0 Å². The number of thiophene rings is 1. The minimum absolute atomic E-state index is 0.00651. The van der Waals surface area contributed by atoms with Crippen molar-refractivity contribution in [1.29, 1.82) is 0 Å². The second-order valence-electron chi connectivity index (χ2n) is 5.23. The summed E-state index contributed by atoms with van der Waals surface area (Å²) in [6.07, 6.45) is 0.957. The van der Waals surface area contributed by atoms with Crippen LogP contribution in [0.2, 0.25) is 0 Å². The zero-order chi connectivity index (χ0) is 15.4. The van der Waals surface area contributed by atoms with Crippen LogP contribution < -0.4 is 10.6 Å². The van der Waals surface area contributed by atoms with E-state index in [1.165, 1.54) is 4.88 Å². The predicted molar refractivity (Wildman–Crippen MR) is 90.2 cm³/mol. The predicted octanol–water partition coefficient (Wildman–Crippen LogP) is 2.71. The van der Waals surface area contributed by atoms with Gasteiger partial charge < -0.3 is 15.5 Å². The van der Waals surface area contributed by atoms with E-state index in [4.69, 9.17) is 5.73 Å². The Hall–Kier alpha value is -2.01. The summed E-state index contributed by atoms with van der Waals surface area (Å²) >= 11 is 1.75. The molecular weight excluding hydrogens is 282 g/mol. The van der Waals surface area contributed by atoms with E-state index in [9.17, 15) is 4.79 Å². The van der Waals surface area contributed by atoms with Crippen molar-refractivity contribution in [2.45, 2.75) is 6.42 Å². The minimum Gasteiger partial charge on any atom is -0.399 e. The summed E-state index contributed by atoms with van der Waals surface area (Å²) in [7, 11) is 5.51. The number of nitrogens with two attached hydrogens (primary N) is 1. The standard InChI is InChI=1S/C16H21N3OS/c1-18(2)16(20)14-7-6-12(17)11-15(14)19(3)9-8-13-5-4-10-21-13/h4-7,10-11H,8-9,17H2,1-3H3. The Morgan fingerprint density at radius 1 is 1.24 bits per heavy atom. The van der Waals surface area contributed by atoms with Crippen LogP contribution in [0.25, 0.3) is 0 Å². The Morgan fingerprint density at radius 2 is 2.00 bits per heavy atom. The first-order chi connectivity index (χ1) is 9.99. The Bertz CT molecular complexity index is 608. The number of likely N-dealkylation sites (N-methyl/N-ethyl adjacent to an activating group) is 1. The van der Waals surface area contributed by atoms with Gasteiger partial charge in [-0.05, 0) is 36.1 Å². The SMILES string of the molecule is CN(C)C(=O)c1ccc(N)cc1N(C)CCc1cccs1. The maximum Gasteiger partial charge on any atom is 0.255 e. The Balaban J connectivity index is 2.20. The van der Waals surface area contributed by atoms with Gasteiger partial charge in [-0.25, -0.2) is 0 Å². The van der Waals surface area contributed by atoms with Crippen LogP contribution in [0.5, 0.6) is 0 Å². The highest BCUT2D eigenvalue weighted by Gasteiger charge is 2.16. The number of rotatable bonds is 5. The Labute approximate surface area is 129 Å². The molecule has 0 saturated carbocycles. The van der Waals surface area contributed by atoms with Crippen LogP contribution in [-0.2, 0) is 6.42 Å². The van der Waals surface area contributed by atoms with Crippen LogP contribution in [0.15, 0.2) is 35.7 Å². The van der Waals surface area contributed by atoms with E-state index < -0.39 is 0 Å². The summed E-state index contributed by atoms with van der Waals surface area (Å²) in [4.78, 5) is 17.3. The second-order valence-corrected chi connectivity index (χ2v) is 6.26. The third kappa shape index (κ3) is 3.76. The number of hydrogen-bond acceptors (Lipinski definition) is 4. The van der Waals surface area contributed by atoms with E-state index in [1.807, 2.05) is 13.1 Å². The molecule has 2 rings (SSSR count). The highest BCUT2D eigenvalue weighted by molar-refractivity contribution is 7.09. The quantitative estimate of drug-likeness (QED) is 0.864. The molecule has 2 N–H and O–H groups in total. The van der Waals surface area contributed by atoms with Gasteiger partial charge in [0.2, 0.25) is 0 Å². The summed E-state index contributed by atoms with van der Waals surface area (Å²) in [5, 5.41) is 2.08. The average molecular weight is 303 g/mol. The molecule has 0 fully saturated rings. The lowest BCUT2D eigenvalue weighted by molar-refractivity contribution is 0.0828. The topological polar surface area (TPSA) is 49.6 Å².